The van der Waals surface area contributed by atoms with E-state index in [0.29, 0.717) is 11.5 Å². The van der Waals surface area contributed by atoms with Crippen molar-refractivity contribution in [3.8, 4) is 0 Å². The predicted octanol–water partition coefficient (Wildman–Crippen LogP) is -0.131. The van der Waals surface area contributed by atoms with Gasteiger partial charge in [-0.15, -0.1) is 5.06 Å². The largest absolute Gasteiger partial charge is 0.450 e. The number of ether oxygens (including phenoxy) is 1. The third-order valence-corrected chi connectivity index (χ3v) is 2.93. The van der Waals surface area contributed by atoms with Crippen LogP contribution in [-0.4, -0.2) is 52.8 Å². The van der Waals surface area contributed by atoms with Crippen LogP contribution in [0.1, 0.15) is 39.5 Å². The van der Waals surface area contributed by atoms with Crippen molar-refractivity contribution < 1.29 is 33.9 Å². The van der Waals surface area contributed by atoms with Gasteiger partial charge in [0.2, 0.25) is 0 Å². The Hall–Kier alpha value is -2.16. The van der Waals surface area contributed by atoms with E-state index in [9.17, 15) is 24.3 Å². The van der Waals surface area contributed by atoms with Crippen LogP contribution in [0.15, 0.2) is 0 Å². The number of imide groups is 1. The van der Waals surface area contributed by atoms with Gasteiger partial charge in [-0.3, -0.25) is 9.59 Å². The molecule has 22 heavy (non-hydrogen) atoms. The molecule has 0 aromatic heterocycles. The minimum absolute atomic E-state index is 0.0437. The van der Waals surface area contributed by atoms with Crippen LogP contribution in [0.25, 0.3) is 0 Å². The molecule has 9 heteroatoms. The van der Waals surface area contributed by atoms with E-state index in [-0.39, 0.29) is 19.4 Å². The fourth-order valence-corrected chi connectivity index (χ4v) is 1.66. The highest BCUT2D eigenvalue weighted by Crippen LogP contribution is 2.13. The number of amides is 3. The van der Waals surface area contributed by atoms with Gasteiger partial charge in [0, 0.05) is 12.8 Å². The predicted molar refractivity (Wildman–Crippen MR) is 72.0 cm³/mol. The van der Waals surface area contributed by atoms with E-state index in [4.69, 9.17) is 4.74 Å². The number of nitrogens with zero attached hydrogens (tertiary/aromatic N) is 1. The van der Waals surface area contributed by atoms with Gasteiger partial charge in [0.15, 0.2) is 6.04 Å². The molecule has 1 fully saturated rings. The normalized spacial score (nSPS) is 17.1. The Kier molecular flexibility index (Phi) is 6.77. The molecule has 2 N–H and O–H groups in total. The maximum atomic E-state index is 11.9. The summed E-state index contributed by atoms with van der Waals surface area (Å²) in [5.74, 6) is -2.41. The lowest BCUT2D eigenvalue weighted by Crippen LogP contribution is -2.50. The number of carbonyl (C=O) groups is 4. The van der Waals surface area contributed by atoms with E-state index in [1.165, 1.54) is 6.92 Å². The Balaban J connectivity index is 2.58. The van der Waals surface area contributed by atoms with E-state index in [1.54, 1.807) is 0 Å². The number of alkyl carbamates (subject to hydrolysis) is 1. The molecule has 1 rings (SSSR count). The summed E-state index contributed by atoms with van der Waals surface area (Å²) in [5, 5.41) is 12.0. The van der Waals surface area contributed by atoms with Crippen LogP contribution in [-0.2, 0) is 24.0 Å². The third-order valence-electron chi connectivity index (χ3n) is 2.93. The molecule has 0 aromatic rings. The number of aliphatic hydroxyl groups is 1. The summed E-state index contributed by atoms with van der Waals surface area (Å²) in [7, 11) is 0. The number of hydrogen-bond donors (Lipinski definition) is 2. The van der Waals surface area contributed by atoms with E-state index in [0.717, 1.165) is 6.42 Å². The summed E-state index contributed by atoms with van der Waals surface area (Å²) in [4.78, 5) is 50.8. The van der Waals surface area contributed by atoms with Crippen LogP contribution in [0, 0.1) is 0 Å². The molecule has 0 spiro atoms. The van der Waals surface area contributed by atoms with E-state index in [1.807, 2.05) is 6.92 Å². The molecule has 0 aliphatic carbocycles. The van der Waals surface area contributed by atoms with Crippen LogP contribution in [0.3, 0.4) is 0 Å². The average molecular weight is 316 g/mol. The first kappa shape index (κ1) is 17.9. The van der Waals surface area contributed by atoms with Crippen molar-refractivity contribution >= 4 is 23.9 Å². The van der Waals surface area contributed by atoms with Crippen molar-refractivity contribution in [1.82, 2.24) is 10.4 Å². The second-order valence-corrected chi connectivity index (χ2v) is 4.84. The maximum Gasteiger partial charge on any atom is 0.407 e. The molecule has 2 atom stereocenters. The Morgan fingerprint density at radius 1 is 1.32 bits per heavy atom. The molecule has 0 bridgehead atoms. The zero-order valence-corrected chi connectivity index (χ0v) is 12.5. The standard InChI is InChI=1S/C13H20N2O7/c1-3-4-7-21-13(20)14-11(8(2)16)12(19)22-15-9(17)5-6-10(15)18/h8,11,16H,3-7H2,1-2H3,(H,14,20)/t8-,11+/m1/s1. The second-order valence-electron chi connectivity index (χ2n) is 4.84. The first-order valence-electron chi connectivity index (χ1n) is 7.05. The summed E-state index contributed by atoms with van der Waals surface area (Å²) < 4.78 is 4.81. The first-order chi connectivity index (χ1) is 10.4. The van der Waals surface area contributed by atoms with Gasteiger partial charge in [-0.1, -0.05) is 13.3 Å². The van der Waals surface area contributed by atoms with Gasteiger partial charge < -0.3 is 20.0 Å². The smallest absolute Gasteiger partial charge is 0.407 e. The van der Waals surface area contributed by atoms with E-state index < -0.39 is 36.0 Å². The molecule has 1 heterocycles. The monoisotopic (exact) mass is 316 g/mol. The number of unbranched alkanes of at least 4 members (excludes halogenated alkanes) is 1. The van der Waals surface area contributed by atoms with Gasteiger partial charge in [-0.25, -0.2) is 9.59 Å². The Morgan fingerprint density at radius 2 is 1.91 bits per heavy atom. The fraction of sp³-hybridized carbons (Fsp3) is 0.692. The molecular weight excluding hydrogens is 296 g/mol. The number of rotatable bonds is 7. The SMILES string of the molecule is CCCCOC(=O)N[C@H](C(=O)ON1C(=O)CCC1=O)[C@@H](C)O. The van der Waals surface area contributed by atoms with Gasteiger partial charge >= 0.3 is 12.1 Å². The van der Waals surface area contributed by atoms with Gasteiger partial charge in [0.05, 0.1) is 12.7 Å². The molecule has 0 aromatic carbocycles. The number of hydrogen-bond acceptors (Lipinski definition) is 7. The van der Waals surface area contributed by atoms with Gasteiger partial charge in [0.1, 0.15) is 0 Å². The van der Waals surface area contributed by atoms with Crippen molar-refractivity contribution in [1.29, 1.82) is 0 Å². The number of carbonyl (C=O) groups excluding carboxylic acids is 4. The molecule has 0 unspecified atom stereocenters. The number of aliphatic hydroxyl groups excluding tert-OH is 1. The molecule has 0 saturated carbocycles. The van der Waals surface area contributed by atoms with Crippen LogP contribution in [0.2, 0.25) is 0 Å². The average Bonchev–Trinajstić information content (AvgIpc) is 2.76. The van der Waals surface area contributed by atoms with E-state index >= 15 is 0 Å². The minimum Gasteiger partial charge on any atom is -0.450 e. The summed E-state index contributed by atoms with van der Waals surface area (Å²) in [6.45, 7) is 3.35. The van der Waals surface area contributed by atoms with Crippen molar-refractivity contribution in [2.75, 3.05) is 6.61 Å². The summed E-state index contributed by atoms with van der Waals surface area (Å²) in [6, 6.07) is -1.45. The molecule has 0 radical (unpaired) electrons. The molecule has 1 saturated heterocycles. The van der Waals surface area contributed by atoms with Gasteiger partial charge in [-0.05, 0) is 13.3 Å². The van der Waals surface area contributed by atoms with Crippen molar-refractivity contribution in [3.63, 3.8) is 0 Å². The molecule has 9 nitrogen and oxygen atoms in total. The Bertz CT molecular complexity index is 434. The summed E-state index contributed by atoms with van der Waals surface area (Å²) >= 11 is 0. The van der Waals surface area contributed by atoms with Crippen LogP contribution >= 0.6 is 0 Å². The van der Waals surface area contributed by atoms with Crippen LogP contribution < -0.4 is 5.32 Å². The molecule has 124 valence electrons. The zero-order valence-electron chi connectivity index (χ0n) is 12.5. The first-order valence-corrected chi connectivity index (χ1v) is 7.05. The molecular formula is C13H20N2O7. The topological polar surface area (TPSA) is 122 Å². The van der Waals surface area contributed by atoms with Crippen molar-refractivity contribution in [3.05, 3.63) is 0 Å². The zero-order chi connectivity index (χ0) is 16.7. The quantitative estimate of drug-likeness (QED) is 0.495. The summed E-state index contributed by atoms with van der Waals surface area (Å²) in [5.41, 5.74) is 0. The van der Waals surface area contributed by atoms with Gasteiger partial charge in [-0.2, -0.15) is 0 Å². The summed E-state index contributed by atoms with van der Waals surface area (Å²) in [6.07, 6.45) is -0.785. The van der Waals surface area contributed by atoms with Crippen molar-refractivity contribution in [2.45, 2.75) is 51.7 Å². The van der Waals surface area contributed by atoms with E-state index in [2.05, 4.69) is 10.2 Å². The number of nitrogens with one attached hydrogen (secondary N) is 1. The minimum atomic E-state index is -1.45. The van der Waals surface area contributed by atoms with Crippen LogP contribution in [0.5, 0.6) is 0 Å². The second kappa shape index (κ2) is 8.32. The van der Waals surface area contributed by atoms with Gasteiger partial charge in [0.25, 0.3) is 11.8 Å². The highest BCUT2D eigenvalue weighted by Gasteiger charge is 2.36. The lowest BCUT2D eigenvalue weighted by Gasteiger charge is -2.21. The number of hydroxylamine groups is 2. The Labute approximate surface area is 127 Å². The Morgan fingerprint density at radius 3 is 2.41 bits per heavy atom. The third kappa shape index (κ3) is 4.99. The fourth-order valence-electron chi connectivity index (χ4n) is 1.66. The van der Waals surface area contributed by atoms with Crippen LogP contribution in [0.4, 0.5) is 4.79 Å². The molecule has 1 aliphatic heterocycles. The highest BCUT2D eigenvalue weighted by atomic mass is 16.7. The highest BCUT2D eigenvalue weighted by molar-refractivity contribution is 6.01. The molecule has 1 aliphatic rings. The lowest BCUT2D eigenvalue weighted by atomic mass is 10.2. The molecule has 3 amide bonds. The lowest BCUT2D eigenvalue weighted by molar-refractivity contribution is -0.200. The maximum absolute atomic E-state index is 11.9. The van der Waals surface area contributed by atoms with Crippen molar-refractivity contribution in [2.24, 2.45) is 0 Å².